The van der Waals surface area contributed by atoms with Crippen LogP contribution in [0.25, 0.3) is 0 Å². The van der Waals surface area contributed by atoms with E-state index in [1.807, 2.05) is 23.6 Å². The van der Waals surface area contributed by atoms with E-state index < -0.39 is 11.6 Å². The van der Waals surface area contributed by atoms with Gasteiger partial charge in [-0.3, -0.25) is 0 Å². The van der Waals surface area contributed by atoms with E-state index in [1.54, 1.807) is 31.5 Å². The van der Waals surface area contributed by atoms with Crippen LogP contribution in [0.1, 0.15) is 19.5 Å². The van der Waals surface area contributed by atoms with E-state index in [9.17, 15) is 4.79 Å². The van der Waals surface area contributed by atoms with Gasteiger partial charge in [0.15, 0.2) is 5.60 Å². The van der Waals surface area contributed by atoms with Gasteiger partial charge in [0.25, 0.3) is 0 Å². The van der Waals surface area contributed by atoms with Crippen LogP contribution in [-0.2, 0) is 16.1 Å². The zero-order valence-corrected chi connectivity index (χ0v) is 11.6. The Morgan fingerprint density at radius 1 is 1.32 bits per heavy atom. The van der Waals surface area contributed by atoms with Crippen molar-refractivity contribution in [2.24, 2.45) is 0 Å². The first-order valence-electron chi connectivity index (χ1n) is 5.86. The zero-order valence-electron chi connectivity index (χ0n) is 10.8. The third kappa shape index (κ3) is 3.87. The molecule has 1 aromatic carbocycles. The van der Waals surface area contributed by atoms with Gasteiger partial charge in [0.1, 0.15) is 5.75 Å². The van der Waals surface area contributed by atoms with Crippen LogP contribution < -0.4 is 4.74 Å². The number of hydrogen-bond acceptors (Lipinski definition) is 5. The Hall–Kier alpha value is -1.72. The molecule has 0 unspecified atom stereocenters. The van der Waals surface area contributed by atoms with E-state index >= 15 is 0 Å². The monoisotopic (exact) mass is 277 g/mol. The maximum Gasteiger partial charge on any atom is 0.343 e. The van der Waals surface area contributed by atoms with Gasteiger partial charge in [0.05, 0.1) is 17.8 Å². The van der Waals surface area contributed by atoms with Gasteiger partial charge < -0.3 is 9.47 Å². The molecule has 0 fully saturated rings. The van der Waals surface area contributed by atoms with Gasteiger partial charge in [0.2, 0.25) is 0 Å². The van der Waals surface area contributed by atoms with Crippen LogP contribution in [0.2, 0.25) is 0 Å². The van der Waals surface area contributed by atoms with E-state index in [-0.39, 0.29) is 0 Å². The minimum atomic E-state index is -1.01. The molecule has 19 heavy (non-hydrogen) atoms. The summed E-state index contributed by atoms with van der Waals surface area (Å²) in [7, 11) is 0. The molecule has 0 aliphatic carbocycles. The molecule has 2 rings (SSSR count). The fraction of sp³-hybridized carbons (Fsp3) is 0.286. The summed E-state index contributed by atoms with van der Waals surface area (Å²) in [5.41, 5.74) is 1.53. The topological polar surface area (TPSA) is 48.4 Å². The van der Waals surface area contributed by atoms with Crippen molar-refractivity contribution in [2.45, 2.75) is 26.1 Å². The van der Waals surface area contributed by atoms with E-state index in [2.05, 4.69) is 4.98 Å². The molecule has 0 bridgehead atoms. The van der Waals surface area contributed by atoms with E-state index in [1.165, 1.54) is 11.3 Å². The molecule has 2 aromatic rings. The number of nitrogens with zero attached hydrogens (tertiary/aromatic N) is 1. The van der Waals surface area contributed by atoms with Gasteiger partial charge in [-0.05, 0) is 26.0 Å². The molecular weight excluding hydrogens is 262 g/mol. The number of ether oxygens (including phenoxy) is 2. The lowest BCUT2D eigenvalue weighted by atomic mass is 10.1. The highest BCUT2D eigenvalue weighted by atomic mass is 32.1. The largest absolute Gasteiger partial charge is 0.424 e. The number of rotatable bonds is 5. The van der Waals surface area contributed by atoms with Crippen LogP contribution in [0.4, 0.5) is 0 Å². The van der Waals surface area contributed by atoms with Crippen molar-refractivity contribution in [3.8, 4) is 5.75 Å². The maximum absolute atomic E-state index is 12.0. The average Bonchev–Trinajstić information content (AvgIpc) is 2.91. The number of benzene rings is 1. The summed E-state index contributed by atoms with van der Waals surface area (Å²) in [6.45, 7) is 3.66. The first kappa shape index (κ1) is 13.7. The van der Waals surface area contributed by atoms with Gasteiger partial charge in [-0.15, -0.1) is 11.3 Å². The summed E-state index contributed by atoms with van der Waals surface area (Å²) in [5, 5.41) is 1.89. The molecule has 0 spiro atoms. The number of esters is 1. The highest BCUT2D eigenvalue weighted by molar-refractivity contribution is 7.07. The third-order valence-electron chi connectivity index (χ3n) is 2.51. The summed E-state index contributed by atoms with van der Waals surface area (Å²) >= 11 is 1.49. The van der Waals surface area contributed by atoms with Crippen LogP contribution in [-0.4, -0.2) is 16.6 Å². The van der Waals surface area contributed by atoms with Crippen molar-refractivity contribution >= 4 is 17.3 Å². The van der Waals surface area contributed by atoms with Gasteiger partial charge in [-0.1, -0.05) is 18.2 Å². The normalized spacial score (nSPS) is 11.3. The molecule has 1 aromatic heterocycles. The first-order valence-corrected chi connectivity index (χ1v) is 6.80. The Kier molecular flexibility index (Phi) is 4.29. The number of aromatic nitrogens is 1. The summed E-state index contributed by atoms with van der Waals surface area (Å²) in [5.74, 6) is 0.0896. The Morgan fingerprint density at radius 2 is 2.05 bits per heavy atom. The predicted octanol–water partition coefficient (Wildman–Crippen LogP) is 3.04. The highest BCUT2D eigenvalue weighted by Crippen LogP contribution is 2.18. The van der Waals surface area contributed by atoms with Crippen molar-refractivity contribution in [2.75, 3.05) is 0 Å². The lowest BCUT2D eigenvalue weighted by molar-refractivity contribution is -0.159. The van der Waals surface area contributed by atoms with Crippen molar-refractivity contribution in [3.05, 3.63) is 46.9 Å². The highest BCUT2D eigenvalue weighted by Gasteiger charge is 2.31. The summed E-state index contributed by atoms with van der Waals surface area (Å²) in [4.78, 5) is 16.1. The Labute approximate surface area is 116 Å². The Morgan fingerprint density at radius 3 is 2.68 bits per heavy atom. The second-order valence-corrected chi connectivity index (χ2v) is 5.20. The van der Waals surface area contributed by atoms with Crippen LogP contribution in [0.3, 0.4) is 0 Å². The molecule has 0 amide bonds. The maximum atomic E-state index is 12.0. The van der Waals surface area contributed by atoms with Crippen molar-refractivity contribution in [3.63, 3.8) is 0 Å². The summed E-state index contributed by atoms with van der Waals surface area (Å²) in [6, 6.07) is 8.95. The van der Waals surface area contributed by atoms with Crippen molar-refractivity contribution in [1.29, 1.82) is 0 Å². The number of carbonyl (C=O) groups is 1. The smallest absolute Gasteiger partial charge is 0.343 e. The molecule has 0 atom stereocenters. The van der Waals surface area contributed by atoms with Crippen molar-refractivity contribution < 1.29 is 14.3 Å². The molecule has 1 heterocycles. The molecule has 0 saturated carbocycles. The lowest BCUT2D eigenvalue weighted by Crippen LogP contribution is -2.38. The predicted molar refractivity (Wildman–Crippen MR) is 73.1 cm³/mol. The molecular formula is C14H15NO3S. The standard InChI is InChI=1S/C14H15NO3S/c1-14(2,17-8-11-9-19-10-15-11)13(16)18-12-6-4-3-5-7-12/h3-7,9-10H,8H2,1-2H3. The number of para-hydroxylation sites is 1. The van der Waals surface area contributed by atoms with Gasteiger partial charge in [0, 0.05) is 5.38 Å². The Balaban J connectivity index is 1.93. The molecule has 0 radical (unpaired) electrons. The fourth-order valence-electron chi connectivity index (χ4n) is 1.34. The quantitative estimate of drug-likeness (QED) is 0.622. The minimum absolute atomic E-state index is 0.292. The summed E-state index contributed by atoms with van der Waals surface area (Å²) < 4.78 is 10.8. The number of carbonyl (C=O) groups excluding carboxylic acids is 1. The van der Waals surface area contributed by atoms with Crippen LogP contribution in [0, 0.1) is 0 Å². The van der Waals surface area contributed by atoms with Gasteiger partial charge in [-0.2, -0.15) is 0 Å². The summed E-state index contributed by atoms with van der Waals surface area (Å²) in [6.07, 6.45) is 0. The molecule has 0 aliphatic rings. The minimum Gasteiger partial charge on any atom is -0.424 e. The second-order valence-electron chi connectivity index (χ2n) is 4.48. The Bertz CT molecular complexity index is 523. The lowest BCUT2D eigenvalue weighted by Gasteiger charge is -2.22. The number of thiazole rings is 1. The fourth-order valence-corrected chi connectivity index (χ4v) is 1.88. The molecule has 0 saturated heterocycles. The zero-order chi connectivity index (χ0) is 13.7. The molecule has 0 aliphatic heterocycles. The van der Waals surface area contributed by atoms with Crippen LogP contribution >= 0.6 is 11.3 Å². The van der Waals surface area contributed by atoms with Crippen molar-refractivity contribution in [1.82, 2.24) is 4.98 Å². The van der Waals surface area contributed by atoms with Crippen LogP contribution in [0.5, 0.6) is 5.75 Å². The average molecular weight is 277 g/mol. The van der Waals surface area contributed by atoms with Gasteiger partial charge >= 0.3 is 5.97 Å². The molecule has 0 N–H and O–H groups in total. The molecule has 100 valence electrons. The van der Waals surface area contributed by atoms with Crippen LogP contribution in [0.15, 0.2) is 41.2 Å². The van der Waals surface area contributed by atoms with E-state index in [0.717, 1.165) is 5.69 Å². The number of hydrogen-bond donors (Lipinski definition) is 0. The third-order valence-corrected chi connectivity index (χ3v) is 3.14. The second kappa shape index (κ2) is 5.95. The first-order chi connectivity index (χ1) is 9.08. The van der Waals surface area contributed by atoms with E-state index in [0.29, 0.717) is 12.4 Å². The molecule has 5 heteroatoms. The molecule has 4 nitrogen and oxygen atoms in total. The SMILES string of the molecule is CC(C)(OCc1cscn1)C(=O)Oc1ccccc1. The van der Waals surface area contributed by atoms with E-state index in [4.69, 9.17) is 9.47 Å². The van der Waals surface area contributed by atoms with Gasteiger partial charge in [-0.25, -0.2) is 9.78 Å².